The Morgan fingerprint density at radius 1 is 1.24 bits per heavy atom. The van der Waals surface area contributed by atoms with Crippen molar-refractivity contribution < 1.29 is 9.90 Å². The van der Waals surface area contributed by atoms with Crippen molar-refractivity contribution in [3.8, 4) is 0 Å². The molecule has 21 heavy (non-hydrogen) atoms. The summed E-state index contributed by atoms with van der Waals surface area (Å²) in [5.41, 5.74) is 2.76. The topological polar surface area (TPSA) is 40.5 Å². The van der Waals surface area contributed by atoms with Crippen LogP contribution in [0.5, 0.6) is 0 Å². The highest BCUT2D eigenvalue weighted by Crippen LogP contribution is 2.35. The second-order valence-corrected chi connectivity index (χ2v) is 6.84. The van der Waals surface area contributed by atoms with E-state index in [1.807, 2.05) is 6.07 Å². The quantitative estimate of drug-likeness (QED) is 0.904. The molecule has 1 aliphatic heterocycles. The second kappa shape index (κ2) is 5.80. The molecule has 1 N–H and O–H groups in total. The number of benzene rings is 1. The van der Waals surface area contributed by atoms with Gasteiger partial charge in [0.05, 0.1) is 5.56 Å². The maximum absolute atomic E-state index is 11.3. The summed E-state index contributed by atoms with van der Waals surface area (Å²) in [5, 5.41) is 9.33. The Morgan fingerprint density at radius 3 is 2.62 bits per heavy atom. The molecule has 1 saturated carbocycles. The van der Waals surface area contributed by atoms with Gasteiger partial charge in [0.15, 0.2) is 0 Å². The van der Waals surface area contributed by atoms with Crippen LogP contribution in [0.15, 0.2) is 18.2 Å². The zero-order chi connectivity index (χ0) is 15.0. The van der Waals surface area contributed by atoms with Gasteiger partial charge < -0.3 is 5.11 Å². The van der Waals surface area contributed by atoms with Crippen LogP contribution in [-0.2, 0) is 13.0 Å². The van der Waals surface area contributed by atoms with Gasteiger partial charge in [0, 0.05) is 19.1 Å². The van der Waals surface area contributed by atoms with Crippen LogP contribution >= 0.6 is 0 Å². The van der Waals surface area contributed by atoms with E-state index in [-0.39, 0.29) is 0 Å². The fourth-order valence-corrected chi connectivity index (χ4v) is 4.47. The Bertz CT molecular complexity index is 530. The third-order valence-corrected chi connectivity index (χ3v) is 5.43. The molecule has 0 bridgehead atoms. The number of nitrogens with zero attached hydrogens (tertiary/aromatic N) is 1. The van der Waals surface area contributed by atoms with Gasteiger partial charge in [0.2, 0.25) is 0 Å². The maximum Gasteiger partial charge on any atom is 0.335 e. The lowest BCUT2D eigenvalue weighted by atomic mass is 9.77. The van der Waals surface area contributed by atoms with Crippen molar-refractivity contribution in [1.82, 2.24) is 4.90 Å². The molecule has 2 unspecified atom stereocenters. The van der Waals surface area contributed by atoms with Gasteiger partial charge in [-0.05, 0) is 48.3 Å². The predicted molar refractivity (Wildman–Crippen MR) is 83.5 cm³/mol. The first kappa shape index (κ1) is 14.6. The van der Waals surface area contributed by atoms with Crippen LogP contribution in [0.1, 0.15) is 54.6 Å². The fraction of sp³-hybridized carbons (Fsp3) is 0.611. The van der Waals surface area contributed by atoms with Crippen molar-refractivity contribution in [3.05, 3.63) is 34.9 Å². The van der Waals surface area contributed by atoms with E-state index in [1.54, 1.807) is 6.07 Å². The first-order valence-corrected chi connectivity index (χ1v) is 8.16. The lowest BCUT2D eigenvalue weighted by Gasteiger charge is -2.44. The lowest BCUT2D eigenvalue weighted by molar-refractivity contribution is 0.0576. The van der Waals surface area contributed by atoms with Crippen molar-refractivity contribution in [1.29, 1.82) is 0 Å². The molecule has 1 aromatic rings. The first-order valence-electron chi connectivity index (χ1n) is 8.16. The van der Waals surface area contributed by atoms with Crippen LogP contribution in [-0.4, -0.2) is 28.6 Å². The van der Waals surface area contributed by atoms with Crippen LogP contribution in [0.4, 0.5) is 0 Å². The molecule has 0 radical (unpaired) electrons. The SMILES string of the molecule is CC1CCCC(C)C1N1CCc2c(cccc2C(=O)O)C1. The van der Waals surface area contributed by atoms with E-state index >= 15 is 0 Å². The van der Waals surface area contributed by atoms with Gasteiger partial charge in [-0.25, -0.2) is 4.79 Å². The smallest absolute Gasteiger partial charge is 0.335 e. The zero-order valence-electron chi connectivity index (χ0n) is 13.0. The van der Waals surface area contributed by atoms with E-state index in [0.29, 0.717) is 11.6 Å². The molecule has 2 atom stereocenters. The standard InChI is InChI=1S/C18H25NO2/c1-12-5-3-6-13(2)17(12)19-10-9-15-14(11-19)7-4-8-16(15)18(20)21/h4,7-8,12-13,17H,3,5-6,9-11H2,1-2H3,(H,20,21). The number of fused-ring (bicyclic) bond motifs is 1. The predicted octanol–water partition coefficient (Wildman–Crippen LogP) is 3.57. The molecule has 0 spiro atoms. The Balaban J connectivity index is 1.84. The fourth-order valence-electron chi connectivity index (χ4n) is 4.47. The lowest BCUT2D eigenvalue weighted by Crippen LogP contribution is -2.48. The van der Waals surface area contributed by atoms with E-state index < -0.39 is 5.97 Å². The monoisotopic (exact) mass is 287 g/mol. The minimum atomic E-state index is -0.792. The van der Waals surface area contributed by atoms with Gasteiger partial charge in [0.1, 0.15) is 0 Å². The van der Waals surface area contributed by atoms with E-state index in [4.69, 9.17) is 0 Å². The van der Waals surface area contributed by atoms with E-state index in [9.17, 15) is 9.90 Å². The van der Waals surface area contributed by atoms with Crippen LogP contribution in [0.2, 0.25) is 0 Å². The number of carbonyl (C=O) groups is 1. The number of carboxylic acids is 1. The van der Waals surface area contributed by atoms with Crippen LogP contribution in [0.3, 0.4) is 0 Å². The van der Waals surface area contributed by atoms with Crippen molar-refractivity contribution in [2.45, 2.75) is 52.1 Å². The van der Waals surface area contributed by atoms with E-state index in [2.05, 4.69) is 24.8 Å². The molecule has 1 aromatic carbocycles. The van der Waals surface area contributed by atoms with Gasteiger partial charge in [-0.2, -0.15) is 0 Å². The van der Waals surface area contributed by atoms with Crippen molar-refractivity contribution in [2.75, 3.05) is 6.54 Å². The van der Waals surface area contributed by atoms with Gasteiger partial charge in [-0.15, -0.1) is 0 Å². The summed E-state index contributed by atoms with van der Waals surface area (Å²) in [6.45, 7) is 6.67. The second-order valence-electron chi connectivity index (χ2n) is 6.84. The normalized spacial score (nSPS) is 29.9. The van der Waals surface area contributed by atoms with Crippen molar-refractivity contribution in [3.63, 3.8) is 0 Å². The summed E-state index contributed by atoms with van der Waals surface area (Å²) in [7, 11) is 0. The highest BCUT2D eigenvalue weighted by atomic mass is 16.4. The van der Waals surface area contributed by atoms with Gasteiger partial charge in [0.25, 0.3) is 0 Å². The van der Waals surface area contributed by atoms with Gasteiger partial charge in [-0.3, -0.25) is 4.90 Å². The molecule has 1 heterocycles. The number of aromatic carboxylic acids is 1. The average molecular weight is 287 g/mol. The molecule has 0 amide bonds. The molecule has 3 rings (SSSR count). The number of rotatable bonds is 2. The van der Waals surface area contributed by atoms with Crippen molar-refractivity contribution >= 4 is 5.97 Å². The van der Waals surface area contributed by atoms with Crippen molar-refractivity contribution in [2.24, 2.45) is 11.8 Å². The molecule has 114 valence electrons. The first-order chi connectivity index (χ1) is 10.1. The van der Waals surface area contributed by atoms with E-state index in [1.165, 1.54) is 24.8 Å². The summed E-state index contributed by atoms with van der Waals surface area (Å²) in [4.78, 5) is 13.9. The Hall–Kier alpha value is -1.35. The van der Waals surface area contributed by atoms with Gasteiger partial charge in [-0.1, -0.05) is 32.4 Å². The van der Waals surface area contributed by atoms with Gasteiger partial charge >= 0.3 is 5.97 Å². The molecular formula is C18H25NO2. The number of hydrogen-bond donors (Lipinski definition) is 1. The largest absolute Gasteiger partial charge is 0.478 e. The summed E-state index contributed by atoms with van der Waals surface area (Å²) in [5.74, 6) is 0.704. The summed E-state index contributed by atoms with van der Waals surface area (Å²) < 4.78 is 0. The molecule has 2 aliphatic rings. The minimum Gasteiger partial charge on any atom is -0.478 e. The summed E-state index contributed by atoms with van der Waals surface area (Å²) in [6.07, 6.45) is 4.88. The molecule has 3 nitrogen and oxygen atoms in total. The number of hydrogen-bond acceptors (Lipinski definition) is 2. The molecule has 0 aromatic heterocycles. The highest BCUT2D eigenvalue weighted by Gasteiger charge is 2.34. The third kappa shape index (κ3) is 2.71. The molecule has 1 fully saturated rings. The van der Waals surface area contributed by atoms with Crippen LogP contribution < -0.4 is 0 Å². The average Bonchev–Trinajstić information content (AvgIpc) is 2.46. The summed E-state index contributed by atoms with van der Waals surface area (Å²) in [6, 6.07) is 6.38. The van der Waals surface area contributed by atoms with E-state index in [0.717, 1.165) is 36.9 Å². The third-order valence-electron chi connectivity index (χ3n) is 5.43. The number of carboxylic acid groups (broad SMARTS) is 1. The zero-order valence-corrected chi connectivity index (χ0v) is 13.0. The van der Waals surface area contributed by atoms with Crippen LogP contribution in [0.25, 0.3) is 0 Å². The maximum atomic E-state index is 11.3. The molecule has 0 saturated heterocycles. The Kier molecular flexibility index (Phi) is 4.03. The summed E-state index contributed by atoms with van der Waals surface area (Å²) >= 11 is 0. The minimum absolute atomic E-state index is 0.497. The van der Waals surface area contributed by atoms with Crippen LogP contribution in [0, 0.1) is 11.8 Å². The molecular weight excluding hydrogens is 262 g/mol. The Morgan fingerprint density at radius 2 is 1.95 bits per heavy atom. The molecule has 3 heteroatoms. The molecule has 1 aliphatic carbocycles. The highest BCUT2D eigenvalue weighted by molar-refractivity contribution is 5.89. The Labute approximate surface area is 127 Å².